The van der Waals surface area contributed by atoms with Crippen LogP contribution < -0.4 is 4.90 Å². The van der Waals surface area contributed by atoms with Gasteiger partial charge in [0.1, 0.15) is 5.82 Å². The van der Waals surface area contributed by atoms with Gasteiger partial charge in [0, 0.05) is 36.4 Å². The van der Waals surface area contributed by atoms with Gasteiger partial charge in [-0.25, -0.2) is 9.67 Å². The van der Waals surface area contributed by atoms with Crippen molar-refractivity contribution < 1.29 is 0 Å². The lowest BCUT2D eigenvalue weighted by molar-refractivity contribution is 0.807. The molecule has 4 aromatic rings. The van der Waals surface area contributed by atoms with E-state index in [2.05, 4.69) is 40.1 Å². The number of anilines is 1. The molecule has 0 aliphatic heterocycles. The quantitative estimate of drug-likeness (QED) is 0.513. The number of hydrogen-bond donors (Lipinski definition) is 0. The third-order valence-corrected chi connectivity index (χ3v) is 4.97. The number of rotatable bonds is 5. The highest BCUT2D eigenvalue weighted by Gasteiger charge is 2.15. The molecule has 0 saturated heterocycles. The summed E-state index contributed by atoms with van der Waals surface area (Å²) in [5.41, 5.74) is 3.10. The average molecular weight is 378 g/mol. The van der Waals surface area contributed by atoms with Crippen LogP contribution in [-0.4, -0.2) is 33.3 Å². The molecule has 0 atom stereocenters. The molecular weight excluding hydrogens is 358 g/mol. The Balaban J connectivity index is 1.87. The first kappa shape index (κ1) is 17.5. The van der Waals surface area contributed by atoms with Crippen molar-refractivity contribution in [3.05, 3.63) is 77.1 Å². The molecule has 6 heteroatoms. The molecule has 2 aromatic carbocycles. The number of nitrogens with zero attached hydrogens (tertiary/aromatic N) is 5. The van der Waals surface area contributed by atoms with Gasteiger partial charge in [-0.3, -0.25) is 0 Å². The van der Waals surface area contributed by atoms with E-state index in [0.29, 0.717) is 11.0 Å². The van der Waals surface area contributed by atoms with E-state index in [-0.39, 0.29) is 0 Å². The highest BCUT2D eigenvalue weighted by atomic mass is 35.5. The summed E-state index contributed by atoms with van der Waals surface area (Å²) in [6, 6.07) is 16.2. The van der Waals surface area contributed by atoms with Crippen LogP contribution in [0.2, 0.25) is 5.02 Å². The fourth-order valence-corrected chi connectivity index (χ4v) is 3.27. The topological polar surface area (TPSA) is 46.8 Å². The summed E-state index contributed by atoms with van der Waals surface area (Å²) in [4.78, 5) is 11.6. The van der Waals surface area contributed by atoms with Crippen LogP contribution >= 0.6 is 11.6 Å². The first-order valence-corrected chi connectivity index (χ1v) is 9.28. The lowest BCUT2D eigenvalue weighted by atomic mass is 10.0. The summed E-state index contributed by atoms with van der Waals surface area (Å²) < 4.78 is 1.66. The summed E-state index contributed by atoms with van der Waals surface area (Å²) in [7, 11) is 2.03. The van der Waals surface area contributed by atoms with Gasteiger partial charge in [-0.05, 0) is 42.7 Å². The van der Waals surface area contributed by atoms with Gasteiger partial charge in [0.25, 0.3) is 5.95 Å². The van der Waals surface area contributed by atoms with Crippen molar-refractivity contribution in [3.8, 4) is 5.95 Å². The molecule has 5 nitrogen and oxygen atoms in total. The van der Waals surface area contributed by atoms with E-state index in [0.717, 1.165) is 35.2 Å². The van der Waals surface area contributed by atoms with E-state index < -0.39 is 0 Å². The maximum Gasteiger partial charge on any atom is 0.253 e. The Morgan fingerprint density at radius 3 is 2.59 bits per heavy atom. The highest BCUT2D eigenvalue weighted by molar-refractivity contribution is 6.32. The molecule has 2 heterocycles. The lowest BCUT2D eigenvalue weighted by Gasteiger charge is -2.19. The van der Waals surface area contributed by atoms with E-state index in [1.807, 2.05) is 43.6 Å². The van der Waals surface area contributed by atoms with Gasteiger partial charge in [0.2, 0.25) is 0 Å². The second-order valence-electron chi connectivity index (χ2n) is 6.44. The van der Waals surface area contributed by atoms with Gasteiger partial charge in [0.15, 0.2) is 0 Å². The first-order valence-electron chi connectivity index (χ1n) is 8.91. The maximum atomic E-state index is 6.60. The molecule has 0 spiro atoms. The summed E-state index contributed by atoms with van der Waals surface area (Å²) in [6.07, 6.45) is 4.32. The predicted molar refractivity (Wildman–Crippen MR) is 110 cm³/mol. The van der Waals surface area contributed by atoms with Crippen molar-refractivity contribution in [3.63, 3.8) is 0 Å². The van der Waals surface area contributed by atoms with Crippen LogP contribution in [0.1, 0.15) is 18.1 Å². The molecule has 4 rings (SSSR count). The Kier molecular flexibility index (Phi) is 4.77. The Labute approximate surface area is 163 Å². The summed E-state index contributed by atoms with van der Waals surface area (Å²) in [6.45, 7) is 2.93. The molecule has 0 amide bonds. The number of hydrogen-bond acceptors (Lipinski definition) is 4. The fraction of sp³-hybridized carbons (Fsp3) is 0.190. The van der Waals surface area contributed by atoms with Crippen LogP contribution in [0.3, 0.4) is 0 Å². The number of benzene rings is 2. The molecular formula is C21H20ClN5. The molecule has 0 bridgehead atoms. The standard InChI is InChI=1S/C21H20ClN5/c1-3-26(2)20-17-13-16(12-15-8-5-4-6-9-15)18(22)14-19(17)24-21(25-20)27-11-7-10-23-27/h4-11,13-14H,3,12H2,1-2H3. The third-order valence-electron chi connectivity index (χ3n) is 4.61. The van der Waals surface area contributed by atoms with E-state index in [1.165, 1.54) is 5.56 Å². The van der Waals surface area contributed by atoms with Gasteiger partial charge in [-0.1, -0.05) is 41.9 Å². The molecule has 0 aliphatic carbocycles. The summed E-state index contributed by atoms with van der Waals surface area (Å²) in [5, 5.41) is 5.96. The minimum atomic E-state index is 0.537. The first-order chi connectivity index (χ1) is 13.2. The molecule has 0 unspecified atom stereocenters. The van der Waals surface area contributed by atoms with Crippen LogP contribution in [0.15, 0.2) is 60.9 Å². The van der Waals surface area contributed by atoms with Crippen molar-refractivity contribution in [2.45, 2.75) is 13.3 Å². The number of aromatic nitrogens is 4. The van der Waals surface area contributed by atoms with Crippen LogP contribution in [0.5, 0.6) is 0 Å². The van der Waals surface area contributed by atoms with Crippen LogP contribution in [0, 0.1) is 0 Å². The van der Waals surface area contributed by atoms with Crippen LogP contribution in [0.4, 0.5) is 5.82 Å². The molecule has 0 saturated carbocycles. The molecule has 2 aromatic heterocycles. The SMILES string of the molecule is CCN(C)c1nc(-n2cccn2)nc2cc(Cl)c(Cc3ccccc3)cc12. The molecule has 0 N–H and O–H groups in total. The monoisotopic (exact) mass is 377 g/mol. The largest absolute Gasteiger partial charge is 0.359 e. The normalized spacial score (nSPS) is 11.1. The lowest BCUT2D eigenvalue weighted by Crippen LogP contribution is -2.19. The van der Waals surface area contributed by atoms with Gasteiger partial charge in [-0.15, -0.1) is 0 Å². The Hall–Kier alpha value is -2.92. The van der Waals surface area contributed by atoms with Crippen LogP contribution in [-0.2, 0) is 6.42 Å². The zero-order valence-corrected chi connectivity index (χ0v) is 16.1. The zero-order valence-electron chi connectivity index (χ0n) is 15.3. The van der Waals surface area contributed by atoms with Crippen molar-refractivity contribution in [2.24, 2.45) is 0 Å². The third kappa shape index (κ3) is 3.51. The molecule has 0 fully saturated rings. The summed E-state index contributed by atoms with van der Waals surface area (Å²) in [5.74, 6) is 1.41. The Morgan fingerprint density at radius 1 is 1.07 bits per heavy atom. The van der Waals surface area contributed by atoms with Gasteiger partial charge in [-0.2, -0.15) is 10.1 Å². The number of fused-ring (bicyclic) bond motifs is 1. The van der Waals surface area contributed by atoms with Crippen molar-refractivity contribution in [1.29, 1.82) is 0 Å². The van der Waals surface area contributed by atoms with E-state index in [9.17, 15) is 0 Å². The summed E-state index contributed by atoms with van der Waals surface area (Å²) >= 11 is 6.60. The van der Waals surface area contributed by atoms with Gasteiger partial charge in [0.05, 0.1) is 5.52 Å². The van der Waals surface area contributed by atoms with Crippen molar-refractivity contribution >= 4 is 28.3 Å². The zero-order chi connectivity index (χ0) is 18.8. The molecule has 0 aliphatic rings. The number of halogens is 1. The van der Waals surface area contributed by atoms with Gasteiger partial charge >= 0.3 is 0 Å². The highest BCUT2D eigenvalue weighted by Crippen LogP contribution is 2.30. The Morgan fingerprint density at radius 2 is 1.89 bits per heavy atom. The Bertz CT molecular complexity index is 1060. The van der Waals surface area contributed by atoms with Crippen molar-refractivity contribution in [1.82, 2.24) is 19.7 Å². The molecule has 27 heavy (non-hydrogen) atoms. The molecule has 0 radical (unpaired) electrons. The predicted octanol–water partition coefficient (Wildman–Crippen LogP) is 4.52. The minimum Gasteiger partial charge on any atom is -0.359 e. The minimum absolute atomic E-state index is 0.537. The average Bonchev–Trinajstić information content (AvgIpc) is 3.23. The van der Waals surface area contributed by atoms with Crippen molar-refractivity contribution in [2.75, 3.05) is 18.5 Å². The van der Waals surface area contributed by atoms with Gasteiger partial charge < -0.3 is 4.90 Å². The smallest absolute Gasteiger partial charge is 0.253 e. The molecule has 136 valence electrons. The maximum absolute atomic E-state index is 6.60. The van der Waals surface area contributed by atoms with E-state index in [4.69, 9.17) is 16.6 Å². The second-order valence-corrected chi connectivity index (χ2v) is 6.84. The van der Waals surface area contributed by atoms with E-state index >= 15 is 0 Å². The second kappa shape index (κ2) is 7.37. The fourth-order valence-electron chi connectivity index (χ4n) is 3.05. The van der Waals surface area contributed by atoms with Crippen LogP contribution in [0.25, 0.3) is 16.9 Å². The van der Waals surface area contributed by atoms with E-state index in [1.54, 1.807) is 10.9 Å².